The number of aromatic nitrogens is 1. The molecule has 3 aromatic carbocycles. The Balaban J connectivity index is 1.87. The molecule has 6 heteroatoms. The Morgan fingerprint density at radius 3 is 2.26 bits per heavy atom. The van der Waals surface area contributed by atoms with E-state index in [9.17, 15) is 5.11 Å². The Labute approximate surface area is 235 Å². The Morgan fingerprint density at radius 2 is 1.61 bits per heavy atom. The third-order valence-corrected chi connectivity index (χ3v) is 7.49. The number of aliphatic hydroxyl groups is 1. The van der Waals surface area contributed by atoms with E-state index in [-0.39, 0.29) is 0 Å². The van der Waals surface area contributed by atoms with Gasteiger partial charge in [0.1, 0.15) is 12.2 Å². The number of rotatable bonds is 12. The summed E-state index contributed by atoms with van der Waals surface area (Å²) in [7, 11) is 6.14. The average Bonchev–Trinajstić information content (AvgIpc) is 2.92. The maximum atomic E-state index is 12.4. The number of pyridine rings is 1. The van der Waals surface area contributed by atoms with Crippen LogP contribution in [0.5, 0.6) is 5.88 Å². The Hall–Kier alpha value is -2.77. The lowest BCUT2D eigenvalue weighted by atomic mass is 9.82. The molecule has 0 saturated carbocycles. The Kier molecular flexibility index (Phi) is 9.55. The van der Waals surface area contributed by atoms with Crippen molar-refractivity contribution in [2.24, 2.45) is 0 Å². The van der Waals surface area contributed by atoms with E-state index < -0.39 is 5.60 Å². The van der Waals surface area contributed by atoms with E-state index in [0.29, 0.717) is 25.3 Å². The molecule has 0 fully saturated rings. The highest BCUT2D eigenvalue weighted by atomic mass is 79.9. The van der Waals surface area contributed by atoms with Gasteiger partial charge in [-0.3, -0.25) is 0 Å². The largest absolute Gasteiger partial charge is 0.476 e. The molecule has 0 saturated heterocycles. The van der Waals surface area contributed by atoms with Crippen LogP contribution in [0.3, 0.4) is 0 Å². The number of fused-ring (bicyclic) bond motifs is 1. The monoisotopic (exact) mass is 575 g/mol. The van der Waals surface area contributed by atoms with E-state index >= 15 is 0 Å². The van der Waals surface area contributed by atoms with Crippen LogP contribution in [0.15, 0.2) is 83.3 Å². The standard InChI is InChI=1S/C32H38BrN3O2/c1-5-36(4)18-19-38-31-26(20-24-12-8-6-9-13-24)21-25-22-28(33)23-29(30(25)34-31)32(37,16-17-35(2)3)27-14-10-7-11-15-27/h6-15,21-23,37H,5,16-20H2,1-4H3. The zero-order chi connectivity index (χ0) is 27.1. The lowest BCUT2D eigenvalue weighted by Gasteiger charge is -2.32. The molecule has 0 aliphatic rings. The third-order valence-electron chi connectivity index (χ3n) is 7.03. The van der Waals surface area contributed by atoms with Crippen molar-refractivity contribution in [1.82, 2.24) is 14.8 Å². The van der Waals surface area contributed by atoms with Crippen LogP contribution in [0.25, 0.3) is 10.9 Å². The molecule has 0 radical (unpaired) electrons. The van der Waals surface area contributed by atoms with Gasteiger partial charge in [0.05, 0.1) is 5.52 Å². The predicted octanol–water partition coefficient (Wildman–Crippen LogP) is 6.11. The second-order valence-electron chi connectivity index (χ2n) is 10.2. The molecule has 1 aromatic heterocycles. The van der Waals surface area contributed by atoms with Crippen LogP contribution < -0.4 is 4.74 Å². The fourth-order valence-electron chi connectivity index (χ4n) is 4.65. The molecule has 1 heterocycles. The minimum absolute atomic E-state index is 0.528. The summed E-state index contributed by atoms with van der Waals surface area (Å²) in [6, 6.07) is 26.5. The van der Waals surface area contributed by atoms with E-state index in [1.54, 1.807) is 0 Å². The first-order chi connectivity index (χ1) is 18.3. The van der Waals surface area contributed by atoms with Gasteiger partial charge in [-0.15, -0.1) is 0 Å². The summed E-state index contributed by atoms with van der Waals surface area (Å²) in [5.41, 5.74) is 3.39. The first kappa shape index (κ1) is 28.2. The highest BCUT2D eigenvalue weighted by molar-refractivity contribution is 9.10. The smallest absolute Gasteiger partial charge is 0.217 e. The number of nitrogens with zero attached hydrogens (tertiary/aromatic N) is 3. The third kappa shape index (κ3) is 6.80. The van der Waals surface area contributed by atoms with Crippen molar-refractivity contribution in [1.29, 1.82) is 0 Å². The lowest BCUT2D eigenvalue weighted by molar-refractivity contribution is 0.0641. The lowest BCUT2D eigenvalue weighted by Crippen LogP contribution is -2.32. The van der Waals surface area contributed by atoms with Crippen molar-refractivity contribution in [2.45, 2.75) is 25.4 Å². The van der Waals surface area contributed by atoms with E-state index in [4.69, 9.17) is 9.72 Å². The van der Waals surface area contributed by atoms with Crippen molar-refractivity contribution in [2.75, 3.05) is 47.4 Å². The van der Waals surface area contributed by atoms with Crippen LogP contribution in [-0.4, -0.2) is 67.3 Å². The molecule has 5 nitrogen and oxygen atoms in total. The predicted molar refractivity (Wildman–Crippen MR) is 160 cm³/mol. The number of hydrogen-bond acceptors (Lipinski definition) is 5. The molecule has 200 valence electrons. The number of benzene rings is 3. The topological polar surface area (TPSA) is 48.8 Å². The molecule has 1 atom stereocenters. The van der Waals surface area contributed by atoms with Crippen LogP contribution in [0.2, 0.25) is 0 Å². The molecule has 4 rings (SSSR count). The summed E-state index contributed by atoms with van der Waals surface area (Å²) in [6.07, 6.45) is 1.24. The van der Waals surface area contributed by atoms with Crippen LogP contribution in [0.1, 0.15) is 35.6 Å². The van der Waals surface area contributed by atoms with Gasteiger partial charge >= 0.3 is 0 Å². The average molecular weight is 577 g/mol. The van der Waals surface area contributed by atoms with E-state index in [1.807, 2.05) is 56.6 Å². The summed E-state index contributed by atoms with van der Waals surface area (Å²) in [6.45, 7) is 5.17. The number of hydrogen-bond donors (Lipinski definition) is 1. The van der Waals surface area contributed by atoms with Crippen LogP contribution in [0.4, 0.5) is 0 Å². The van der Waals surface area contributed by atoms with Gasteiger partial charge in [-0.25, -0.2) is 4.98 Å². The molecule has 0 bridgehead atoms. The highest BCUT2D eigenvalue weighted by Crippen LogP contribution is 2.40. The summed E-state index contributed by atoms with van der Waals surface area (Å²) in [4.78, 5) is 9.43. The van der Waals surface area contributed by atoms with Crippen molar-refractivity contribution < 1.29 is 9.84 Å². The van der Waals surface area contributed by atoms with Crippen LogP contribution in [0, 0.1) is 0 Å². The van der Waals surface area contributed by atoms with E-state index in [1.165, 1.54) is 5.56 Å². The van der Waals surface area contributed by atoms with Gasteiger partial charge in [0.2, 0.25) is 5.88 Å². The zero-order valence-corrected chi connectivity index (χ0v) is 24.4. The van der Waals surface area contributed by atoms with Gasteiger partial charge in [0, 0.05) is 40.5 Å². The minimum atomic E-state index is -1.22. The molecular formula is C32H38BrN3O2. The van der Waals surface area contributed by atoms with Crippen molar-refractivity contribution >= 4 is 26.8 Å². The van der Waals surface area contributed by atoms with Gasteiger partial charge in [0.25, 0.3) is 0 Å². The number of halogens is 1. The molecule has 0 amide bonds. The Bertz CT molecular complexity index is 1330. The fourth-order valence-corrected chi connectivity index (χ4v) is 5.13. The first-order valence-electron chi connectivity index (χ1n) is 13.2. The van der Waals surface area contributed by atoms with E-state index in [0.717, 1.165) is 51.7 Å². The van der Waals surface area contributed by atoms with E-state index in [2.05, 4.69) is 76.1 Å². The zero-order valence-electron chi connectivity index (χ0n) is 22.8. The van der Waals surface area contributed by atoms with Gasteiger partial charge in [-0.1, -0.05) is 83.5 Å². The SMILES string of the molecule is CCN(C)CCOc1nc2c(C(O)(CCN(C)C)c3ccccc3)cc(Br)cc2cc1Cc1ccccc1. The summed E-state index contributed by atoms with van der Waals surface area (Å²) in [5, 5.41) is 13.3. The maximum Gasteiger partial charge on any atom is 0.217 e. The Morgan fingerprint density at radius 1 is 0.921 bits per heavy atom. The summed E-state index contributed by atoms with van der Waals surface area (Å²) >= 11 is 3.72. The molecule has 0 spiro atoms. The molecule has 0 aliphatic heterocycles. The summed E-state index contributed by atoms with van der Waals surface area (Å²) < 4.78 is 7.24. The summed E-state index contributed by atoms with van der Waals surface area (Å²) in [5.74, 6) is 0.623. The van der Waals surface area contributed by atoms with Crippen molar-refractivity contribution in [3.8, 4) is 5.88 Å². The number of ether oxygens (including phenoxy) is 1. The first-order valence-corrected chi connectivity index (χ1v) is 14.0. The van der Waals surface area contributed by atoms with Gasteiger partial charge in [0.15, 0.2) is 0 Å². The second kappa shape index (κ2) is 12.9. The molecule has 1 unspecified atom stereocenters. The normalized spacial score (nSPS) is 13.3. The fraction of sp³-hybridized carbons (Fsp3) is 0.344. The molecule has 1 N–H and O–H groups in total. The van der Waals surface area contributed by atoms with Gasteiger partial charge in [-0.05, 0) is 63.4 Å². The maximum absolute atomic E-state index is 12.4. The molecule has 38 heavy (non-hydrogen) atoms. The minimum Gasteiger partial charge on any atom is -0.476 e. The van der Waals surface area contributed by atoms with Crippen molar-refractivity contribution in [3.05, 3.63) is 106 Å². The second-order valence-corrected chi connectivity index (χ2v) is 11.1. The van der Waals surface area contributed by atoms with Gasteiger partial charge in [-0.2, -0.15) is 0 Å². The van der Waals surface area contributed by atoms with Crippen LogP contribution >= 0.6 is 15.9 Å². The molecular weight excluding hydrogens is 538 g/mol. The van der Waals surface area contributed by atoms with Crippen molar-refractivity contribution in [3.63, 3.8) is 0 Å². The van der Waals surface area contributed by atoms with Gasteiger partial charge < -0.3 is 19.6 Å². The van der Waals surface area contributed by atoms with Crippen LogP contribution in [-0.2, 0) is 12.0 Å². The number of likely N-dealkylation sites (N-methyl/N-ethyl adjacent to an activating group) is 1. The highest BCUT2D eigenvalue weighted by Gasteiger charge is 2.34. The molecule has 0 aliphatic carbocycles. The quantitative estimate of drug-likeness (QED) is 0.221. The molecule has 4 aromatic rings.